The van der Waals surface area contributed by atoms with Crippen LogP contribution in [-0.4, -0.2) is 13.2 Å². The molecule has 0 amide bonds. The van der Waals surface area contributed by atoms with Crippen LogP contribution in [0.4, 0.5) is 0 Å². The van der Waals surface area contributed by atoms with Crippen molar-refractivity contribution >= 4 is 11.6 Å². The third kappa shape index (κ3) is 3.02. The molecule has 0 radical (unpaired) electrons. The van der Waals surface area contributed by atoms with Gasteiger partial charge in [0.15, 0.2) is 0 Å². The van der Waals surface area contributed by atoms with E-state index in [1.807, 2.05) is 0 Å². The Balaban J connectivity index is 2.11. The van der Waals surface area contributed by atoms with Gasteiger partial charge in [0.25, 0.3) is 0 Å². The number of hydrogen-bond donors (Lipinski definition) is 1. The molecular formula is C14H18ClNO. The Bertz CT molecular complexity index is 417. The molecule has 1 N–H and O–H groups in total. The highest BCUT2D eigenvalue weighted by Gasteiger charge is 2.15. The monoisotopic (exact) mass is 251 g/mol. The molecular weight excluding hydrogens is 234 g/mol. The molecule has 1 atom stereocenters. The first-order valence-corrected chi connectivity index (χ1v) is 6.40. The van der Waals surface area contributed by atoms with E-state index >= 15 is 0 Å². The number of rotatable bonds is 5. The summed E-state index contributed by atoms with van der Waals surface area (Å²) in [6.07, 6.45) is 2.05. The molecule has 17 heavy (non-hydrogen) atoms. The van der Waals surface area contributed by atoms with Crippen LogP contribution in [0.2, 0.25) is 0 Å². The van der Waals surface area contributed by atoms with Gasteiger partial charge in [0, 0.05) is 24.0 Å². The second-order valence-electron chi connectivity index (χ2n) is 4.32. The molecule has 2 rings (SSSR count). The van der Waals surface area contributed by atoms with E-state index in [1.54, 1.807) is 0 Å². The van der Waals surface area contributed by atoms with Crippen LogP contribution in [0.25, 0.3) is 0 Å². The Hall–Kier alpha value is -0.990. The summed E-state index contributed by atoms with van der Waals surface area (Å²) in [7, 11) is 0. The summed E-state index contributed by atoms with van der Waals surface area (Å²) in [5.41, 5.74) is 2.61. The van der Waals surface area contributed by atoms with Gasteiger partial charge >= 0.3 is 0 Å². The molecule has 1 aromatic rings. The van der Waals surface area contributed by atoms with Crippen molar-refractivity contribution in [1.82, 2.24) is 5.32 Å². The average Bonchev–Trinajstić information content (AvgIpc) is 2.76. The van der Waals surface area contributed by atoms with E-state index < -0.39 is 0 Å². The first-order valence-electron chi connectivity index (χ1n) is 6.03. The van der Waals surface area contributed by atoms with E-state index in [2.05, 4.69) is 37.0 Å². The smallest absolute Gasteiger partial charge is 0.122 e. The Kier molecular flexibility index (Phi) is 4.08. The zero-order chi connectivity index (χ0) is 12.3. The summed E-state index contributed by atoms with van der Waals surface area (Å²) < 4.78 is 5.51. The number of benzene rings is 1. The van der Waals surface area contributed by atoms with Crippen molar-refractivity contribution in [2.75, 3.05) is 13.2 Å². The van der Waals surface area contributed by atoms with E-state index in [1.165, 1.54) is 11.1 Å². The van der Waals surface area contributed by atoms with E-state index in [9.17, 15) is 0 Å². The predicted octanol–water partition coefficient (Wildman–Crippen LogP) is 3.41. The van der Waals surface area contributed by atoms with Gasteiger partial charge in [-0.1, -0.05) is 37.2 Å². The quantitative estimate of drug-likeness (QED) is 0.866. The van der Waals surface area contributed by atoms with Crippen LogP contribution in [0.1, 0.15) is 30.5 Å². The molecule has 0 aromatic heterocycles. The molecule has 0 saturated carbocycles. The minimum Gasteiger partial charge on any atom is -0.493 e. The Morgan fingerprint density at radius 3 is 3.12 bits per heavy atom. The average molecular weight is 252 g/mol. The summed E-state index contributed by atoms with van der Waals surface area (Å²) >= 11 is 5.78. The van der Waals surface area contributed by atoms with Crippen molar-refractivity contribution in [2.24, 2.45) is 0 Å². The molecule has 0 fully saturated rings. The number of ether oxygens (including phenoxy) is 1. The van der Waals surface area contributed by atoms with Crippen molar-refractivity contribution < 1.29 is 4.74 Å². The maximum absolute atomic E-state index is 5.78. The van der Waals surface area contributed by atoms with Gasteiger partial charge in [0.1, 0.15) is 5.75 Å². The fourth-order valence-corrected chi connectivity index (χ4v) is 2.23. The van der Waals surface area contributed by atoms with Crippen LogP contribution in [0, 0.1) is 0 Å². The van der Waals surface area contributed by atoms with Crippen molar-refractivity contribution in [3.63, 3.8) is 0 Å². The molecule has 92 valence electrons. The Morgan fingerprint density at radius 2 is 2.41 bits per heavy atom. The molecule has 0 aliphatic carbocycles. The van der Waals surface area contributed by atoms with Gasteiger partial charge in [-0.15, -0.1) is 0 Å². The van der Waals surface area contributed by atoms with E-state index in [0.29, 0.717) is 17.6 Å². The fraction of sp³-hybridized carbons (Fsp3) is 0.429. The maximum Gasteiger partial charge on any atom is 0.122 e. The summed E-state index contributed by atoms with van der Waals surface area (Å²) in [6, 6.07) is 6.76. The largest absolute Gasteiger partial charge is 0.493 e. The standard InChI is InChI=1S/C14H18ClNO/c1-3-13(16-9-10(2)15)11-4-5-14-12(8-11)6-7-17-14/h4-5,8,13,16H,2-3,6-7,9H2,1H3. The van der Waals surface area contributed by atoms with Gasteiger partial charge < -0.3 is 10.1 Å². The fourth-order valence-electron chi connectivity index (χ4n) is 2.16. The Labute approximate surface area is 108 Å². The minimum atomic E-state index is 0.330. The second kappa shape index (κ2) is 5.56. The topological polar surface area (TPSA) is 21.3 Å². The normalized spacial score (nSPS) is 15.2. The highest BCUT2D eigenvalue weighted by molar-refractivity contribution is 6.29. The van der Waals surface area contributed by atoms with Crippen LogP contribution in [0.5, 0.6) is 5.75 Å². The maximum atomic E-state index is 5.78. The van der Waals surface area contributed by atoms with Crippen LogP contribution in [0.3, 0.4) is 0 Å². The predicted molar refractivity (Wildman–Crippen MR) is 71.7 cm³/mol. The lowest BCUT2D eigenvalue weighted by Gasteiger charge is -2.17. The van der Waals surface area contributed by atoms with Gasteiger partial charge in [-0.3, -0.25) is 0 Å². The van der Waals surface area contributed by atoms with Gasteiger partial charge in [0.2, 0.25) is 0 Å². The third-order valence-corrected chi connectivity index (χ3v) is 3.20. The van der Waals surface area contributed by atoms with E-state index in [-0.39, 0.29) is 0 Å². The second-order valence-corrected chi connectivity index (χ2v) is 4.86. The number of fused-ring (bicyclic) bond motifs is 1. The van der Waals surface area contributed by atoms with Crippen LogP contribution in [0.15, 0.2) is 29.8 Å². The molecule has 1 aliphatic heterocycles. The molecule has 1 unspecified atom stereocenters. The highest BCUT2D eigenvalue weighted by atomic mass is 35.5. The first-order chi connectivity index (χ1) is 8.20. The molecule has 1 aliphatic rings. The van der Waals surface area contributed by atoms with Crippen LogP contribution in [-0.2, 0) is 6.42 Å². The molecule has 3 heteroatoms. The van der Waals surface area contributed by atoms with E-state index in [0.717, 1.165) is 25.2 Å². The highest BCUT2D eigenvalue weighted by Crippen LogP contribution is 2.29. The van der Waals surface area contributed by atoms with Gasteiger partial charge in [-0.2, -0.15) is 0 Å². The third-order valence-electron chi connectivity index (χ3n) is 3.06. The lowest BCUT2D eigenvalue weighted by molar-refractivity contribution is 0.356. The van der Waals surface area contributed by atoms with Crippen molar-refractivity contribution in [2.45, 2.75) is 25.8 Å². The number of hydrogen-bond acceptors (Lipinski definition) is 2. The SMILES string of the molecule is C=C(Cl)CNC(CC)c1ccc2c(c1)CCO2. The molecule has 0 bridgehead atoms. The van der Waals surface area contributed by atoms with Crippen molar-refractivity contribution in [3.8, 4) is 5.75 Å². The van der Waals surface area contributed by atoms with Gasteiger partial charge in [0.05, 0.1) is 6.61 Å². The summed E-state index contributed by atoms with van der Waals surface area (Å²) in [4.78, 5) is 0. The van der Waals surface area contributed by atoms with Crippen LogP contribution >= 0.6 is 11.6 Å². The molecule has 0 saturated heterocycles. The number of nitrogens with one attached hydrogen (secondary N) is 1. The van der Waals surface area contributed by atoms with Gasteiger partial charge in [-0.25, -0.2) is 0 Å². The van der Waals surface area contributed by atoms with Crippen LogP contribution < -0.4 is 10.1 Å². The first kappa shape index (κ1) is 12.5. The Morgan fingerprint density at radius 1 is 1.59 bits per heavy atom. The lowest BCUT2D eigenvalue weighted by Crippen LogP contribution is -2.21. The summed E-state index contributed by atoms with van der Waals surface area (Å²) in [5.74, 6) is 1.03. The number of halogens is 1. The zero-order valence-corrected chi connectivity index (χ0v) is 10.9. The molecule has 2 nitrogen and oxygen atoms in total. The molecule has 1 heterocycles. The summed E-state index contributed by atoms with van der Waals surface area (Å²) in [5, 5.41) is 4.05. The minimum absolute atomic E-state index is 0.330. The molecule has 1 aromatic carbocycles. The summed E-state index contributed by atoms with van der Waals surface area (Å²) in [6.45, 7) is 7.31. The zero-order valence-electron chi connectivity index (χ0n) is 10.1. The lowest BCUT2D eigenvalue weighted by atomic mass is 10.0. The van der Waals surface area contributed by atoms with Crippen molar-refractivity contribution in [3.05, 3.63) is 40.9 Å². The van der Waals surface area contributed by atoms with E-state index in [4.69, 9.17) is 16.3 Å². The molecule has 0 spiro atoms. The van der Waals surface area contributed by atoms with Gasteiger partial charge in [-0.05, 0) is 23.6 Å². The van der Waals surface area contributed by atoms with Crippen molar-refractivity contribution in [1.29, 1.82) is 0 Å².